The minimum atomic E-state index is -0.853. The number of esters is 1. The number of carbonyl (C=O) groups excluding carboxylic acids is 2. The maximum atomic E-state index is 13.6. The first-order valence-corrected chi connectivity index (χ1v) is 7.86. The number of ether oxygens (including phenoxy) is 1. The monoisotopic (exact) mass is 400 g/mol. The Morgan fingerprint density at radius 2 is 1.92 bits per heavy atom. The molecule has 0 fully saturated rings. The van der Waals surface area contributed by atoms with Gasteiger partial charge in [0.05, 0.1) is 11.3 Å². The Kier molecular flexibility index (Phi) is 6.48. The van der Waals surface area contributed by atoms with Gasteiger partial charge in [-0.1, -0.05) is 29.3 Å². The summed E-state index contributed by atoms with van der Waals surface area (Å²) in [5.74, 6) is -2.24. The lowest BCUT2D eigenvalue weighted by molar-refractivity contribution is -0.384. The van der Waals surface area contributed by atoms with E-state index in [-0.39, 0.29) is 27.0 Å². The van der Waals surface area contributed by atoms with Crippen LogP contribution < -0.4 is 5.32 Å². The normalized spacial score (nSPS) is 10.3. The van der Waals surface area contributed by atoms with Gasteiger partial charge in [-0.15, -0.1) is 0 Å². The first kappa shape index (κ1) is 19.6. The molecule has 0 spiro atoms. The van der Waals surface area contributed by atoms with E-state index in [9.17, 15) is 24.1 Å². The summed E-state index contributed by atoms with van der Waals surface area (Å²) in [6.07, 6.45) is -0.439. The molecule has 10 heteroatoms. The van der Waals surface area contributed by atoms with Crippen molar-refractivity contribution in [2.45, 2.75) is 6.42 Å². The predicted molar refractivity (Wildman–Crippen MR) is 92.8 cm³/mol. The summed E-state index contributed by atoms with van der Waals surface area (Å²) < 4.78 is 18.4. The number of hydrogen-bond acceptors (Lipinski definition) is 5. The van der Waals surface area contributed by atoms with Crippen molar-refractivity contribution in [2.75, 3.05) is 11.9 Å². The van der Waals surface area contributed by atoms with Crippen molar-refractivity contribution in [3.8, 4) is 0 Å². The predicted octanol–water partition coefficient (Wildman–Crippen LogP) is 3.77. The Labute approximate surface area is 156 Å². The van der Waals surface area contributed by atoms with Crippen molar-refractivity contribution in [1.82, 2.24) is 0 Å². The van der Waals surface area contributed by atoms with E-state index in [2.05, 4.69) is 5.32 Å². The molecule has 7 nitrogen and oxygen atoms in total. The fourth-order valence-corrected chi connectivity index (χ4v) is 2.39. The average molecular weight is 401 g/mol. The molecule has 0 aliphatic heterocycles. The highest BCUT2D eigenvalue weighted by Gasteiger charge is 2.16. The maximum absolute atomic E-state index is 13.6. The number of carbonyl (C=O) groups is 2. The summed E-state index contributed by atoms with van der Waals surface area (Å²) in [5, 5.41) is 13.1. The number of anilines is 1. The smallest absolute Gasteiger partial charge is 0.310 e. The number of nitrogens with zero attached hydrogens (tertiary/aromatic N) is 1. The SMILES string of the molecule is O=C(COC(=O)Cc1c(F)cccc1Cl)Nc1ccc(Cl)c([N+](=O)[O-])c1. The lowest BCUT2D eigenvalue weighted by Crippen LogP contribution is -2.22. The second-order valence-electron chi connectivity index (χ2n) is 5.01. The van der Waals surface area contributed by atoms with E-state index >= 15 is 0 Å². The summed E-state index contributed by atoms with van der Waals surface area (Å²) >= 11 is 11.5. The van der Waals surface area contributed by atoms with Gasteiger partial charge in [-0.25, -0.2) is 4.39 Å². The van der Waals surface area contributed by atoms with E-state index < -0.39 is 35.6 Å². The molecule has 26 heavy (non-hydrogen) atoms. The zero-order valence-electron chi connectivity index (χ0n) is 13.0. The molecule has 0 aliphatic rings. The van der Waals surface area contributed by atoms with Crippen molar-refractivity contribution in [3.05, 3.63) is 67.9 Å². The number of nitrogens with one attached hydrogen (secondary N) is 1. The Morgan fingerprint density at radius 1 is 1.19 bits per heavy atom. The average Bonchev–Trinajstić information content (AvgIpc) is 2.58. The maximum Gasteiger partial charge on any atom is 0.310 e. The first-order valence-electron chi connectivity index (χ1n) is 7.10. The third-order valence-corrected chi connectivity index (χ3v) is 3.85. The molecule has 0 atom stereocenters. The van der Waals surface area contributed by atoms with Crippen LogP contribution in [0.1, 0.15) is 5.56 Å². The van der Waals surface area contributed by atoms with Gasteiger partial charge in [0.25, 0.3) is 11.6 Å². The minimum Gasteiger partial charge on any atom is -0.455 e. The zero-order valence-corrected chi connectivity index (χ0v) is 14.5. The van der Waals surface area contributed by atoms with Crippen molar-refractivity contribution in [3.63, 3.8) is 0 Å². The molecule has 0 saturated heterocycles. The Balaban J connectivity index is 1.92. The molecule has 0 unspecified atom stereocenters. The van der Waals surface area contributed by atoms with Gasteiger partial charge in [0.15, 0.2) is 6.61 Å². The Morgan fingerprint density at radius 3 is 2.58 bits per heavy atom. The first-order chi connectivity index (χ1) is 12.3. The van der Waals surface area contributed by atoms with E-state index in [0.717, 1.165) is 12.1 Å². The van der Waals surface area contributed by atoms with Gasteiger partial charge < -0.3 is 10.1 Å². The summed E-state index contributed by atoms with van der Waals surface area (Å²) in [6, 6.07) is 7.64. The third kappa shape index (κ3) is 5.14. The molecule has 0 aromatic heterocycles. The standard InChI is InChI=1S/C16H11Cl2FN2O5/c17-11-2-1-3-13(19)10(11)7-16(23)26-8-15(22)20-9-4-5-12(18)14(6-9)21(24)25/h1-6H,7-8H2,(H,20,22). The van der Waals surface area contributed by atoms with Crippen LogP contribution in [0, 0.1) is 15.9 Å². The minimum absolute atomic E-state index is 0.0344. The number of rotatable bonds is 6. The molecule has 0 bridgehead atoms. The molecule has 0 heterocycles. The van der Waals surface area contributed by atoms with Gasteiger partial charge in [0.2, 0.25) is 0 Å². The fraction of sp³-hybridized carbons (Fsp3) is 0.125. The number of halogens is 3. The quantitative estimate of drug-likeness (QED) is 0.452. The van der Waals surface area contributed by atoms with Crippen LogP contribution in [0.2, 0.25) is 10.0 Å². The topological polar surface area (TPSA) is 98.5 Å². The molecule has 2 rings (SSSR count). The van der Waals surface area contributed by atoms with Crippen LogP contribution in [0.5, 0.6) is 0 Å². The third-order valence-electron chi connectivity index (χ3n) is 3.17. The van der Waals surface area contributed by atoms with Crippen LogP contribution in [-0.2, 0) is 20.7 Å². The second-order valence-corrected chi connectivity index (χ2v) is 5.82. The van der Waals surface area contributed by atoms with Gasteiger partial charge in [-0.3, -0.25) is 19.7 Å². The van der Waals surface area contributed by atoms with Crippen molar-refractivity contribution >= 4 is 46.5 Å². The molecular formula is C16H11Cl2FN2O5. The number of amides is 1. The number of nitro benzene ring substituents is 1. The highest BCUT2D eigenvalue weighted by molar-refractivity contribution is 6.32. The Bertz CT molecular complexity index is 855. The van der Waals surface area contributed by atoms with E-state index in [0.29, 0.717) is 0 Å². The molecule has 136 valence electrons. The lowest BCUT2D eigenvalue weighted by Gasteiger charge is -2.08. The molecule has 1 N–H and O–H groups in total. The second kappa shape index (κ2) is 8.59. The molecular weight excluding hydrogens is 390 g/mol. The van der Waals surface area contributed by atoms with Gasteiger partial charge in [0, 0.05) is 22.3 Å². The van der Waals surface area contributed by atoms with Crippen LogP contribution in [0.25, 0.3) is 0 Å². The molecule has 2 aromatic carbocycles. The highest BCUT2D eigenvalue weighted by Crippen LogP contribution is 2.27. The van der Waals surface area contributed by atoms with Gasteiger partial charge >= 0.3 is 5.97 Å². The van der Waals surface area contributed by atoms with Crippen LogP contribution in [-0.4, -0.2) is 23.4 Å². The lowest BCUT2D eigenvalue weighted by atomic mass is 10.1. The largest absolute Gasteiger partial charge is 0.455 e. The zero-order chi connectivity index (χ0) is 19.3. The summed E-state index contributed by atoms with van der Waals surface area (Å²) in [6.45, 7) is -0.651. The van der Waals surface area contributed by atoms with Crippen LogP contribution >= 0.6 is 23.2 Å². The number of benzene rings is 2. The van der Waals surface area contributed by atoms with Gasteiger partial charge in [-0.2, -0.15) is 0 Å². The fourth-order valence-electron chi connectivity index (χ4n) is 1.97. The van der Waals surface area contributed by atoms with E-state index in [4.69, 9.17) is 27.9 Å². The van der Waals surface area contributed by atoms with Gasteiger partial charge in [-0.05, 0) is 24.3 Å². The number of nitro groups is 1. The van der Waals surface area contributed by atoms with Gasteiger partial charge in [0.1, 0.15) is 10.8 Å². The Hall–Kier alpha value is -2.71. The van der Waals surface area contributed by atoms with Crippen molar-refractivity contribution in [1.29, 1.82) is 0 Å². The number of hydrogen-bond donors (Lipinski definition) is 1. The molecule has 0 radical (unpaired) electrons. The molecule has 0 aliphatic carbocycles. The molecule has 0 saturated carbocycles. The van der Waals surface area contributed by atoms with Crippen LogP contribution in [0.15, 0.2) is 36.4 Å². The molecule has 1 amide bonds. The summed E-state index contributed by atoms with van der Waals surface area (Å²) in [4.78, 5) is 33.6. The van der Waals surface area contributed by atoms with Crippen molar-refractivity contribution in [2.24, 2.45) is 0 Å². The van der Waals surface area contributed by atoms with E-state index in [1.165, 1.54) is 24.3 Å². The van der Waals surface area contributed by atoms with E-state index in [1.54, 1.807) is 0 Å². The highest BCUT2D eigenvalue weighted by atomic mass is 35.5. The molecule has 2 aromatic rings. The summed E-state index contributed by atoms with van der Waals surface area (Å²) in [7, 11) is 0. The van der Waals surface area contributed by atoms with Crippen LogP contribution in [0.3, 0.4) is 0 Å². The summed E-state index contributed by atoms with van der Waals surface area (Å²) in [5.41, 5.74) is -0.303. The van der Waals surface area contributed by atoms with Crippen molar-refractivity contribution < 1.29 is 23.6 Å². The van der Waals surface area contributed by atoms with E-state index in [1.807, 2.05) is 0 Å². The van der Waals surface area contributed by atoms with Crippen LogP contribution in [0.4, 0.5) is 15.8 Å².